The van der Waals surface area contributed by atoms with Crippen LogP contribution in [0.15, 0.2) is 66.7 Å². The van der Waals surface area contributed by atoms with Crippen molar-refractivity contribution in [1.82, 2.24) is 4.90 Å². The van der Waals surface area contributed by atoms with Crippen LogP contribution in [-0.2, 0) is 17.9 Å². The first kappa shape index (κ1) is 22.7. The monoisotopic (exact) mass is 464 g/mol. The van der Waals surface area contributed by atoms with Crippen molar-refractivity contribution in [2.75, 3.05) is 12.4 Å². The molecule has 3 aromatic carbocycles. The highest BCUT2D eigenvalue weighted by Crippen LogP contribution is 2.30. The van der Waals surface area contributed by atoms with Gasteiger partial charge in [0.05, 0.1) is 7.11 Å². The summed E-state index contributed by atoms with van der Waals surface area (Å²) in [5, 5.41) is 3.57. The van der Waals surface area contributed by atoms with Crippen LogP contribution in [0.25, 0.3) is 0 Å². The largest absolute Gasteiger partial charge is 0.497 e. The number of amides is 2. The molecule has 0 unspecified atom stereocenters. The summed E-state index contributed by atoms with van der Waals surface area (Å²) in [5.74, 6) is 1.04. The summed E-state index contributed by atoms with van der Waals surface area (Å²) in [6, 6.07) is 19.8. The first-order valence-corrected chi connectivity index (χ1v) is 11.1. The standard InChI is InChI=1S/C26H25ClN2O4/c1-3-23-26(31)29(15-17-4-8-20(27)9-5-17)16-19-14-21(10-13-24(19)33-23)28-25(30)18-6-11-22(32-2)12-7-18/h4-14,23H,3,15-16H2,1-2H3,(H,28,30)/t23-/m0/s1. The first-order valence-electron chi connectivity index (χ1n) is 10.7. The van der Waals surface area contributed by atoms with Gasteiger partial charge < -0.3 is 19.7 Å². The minimum atomic E-state index is -0.557. The molecule has 1 heterocycles. The summed E-state index contributed by atoms with van der Waals surface area (Å²) in [5.41, 5.74) is 2.97. The van der Waals surface area contributed by atoms with Crippen molar-refractivity contribution in [3.8, 4) is 11.5 Å². The topological polar surface area (TPSA) is 67.9 Å². The number of benzene rings is 3. The van der Waals surface area contributed by atoms with Gasteiger partial charge in [-0.05, 0) is 66.6 Å². The van der Waals surface area contributed by atoms with Crippen molar-refractivity contribution < 1.29 is 19.1 Å². The molecule has 4 rings (SSSR count). The van der Waals surface area contributed by atoms with Crippen LogP contribution >= 0.6 is 11.6 Å². The molecule has 0 spiro atoms. The number of methoxy groups -OCH3 is 1. The lowest BCUT2D eigenvalue weighted by Gasteiger charge is -2.23. The second-order valence-corrected chi connectivity index (χ2v) is 8.28. The van der Waals surface area contributed by atoms with Crippen molar-refractivity contribution in [3.63, 3.8) is 0 Å². The third-order valence-corrected chi connectivity index (χ3v) is 5.80. The van der Waals surface area contributed by atoms with E-state index in [1.807, 2.05) is 37.3 Å². The lowest BCUT2D eigenvalue weighted by molar-refractivity contribution is -0.139. The number of carbonyl (C=O) groups excluding carboxylic acids is 2. The van der Waals surface area contributed by atoms with Crippen molar-refractivity contribution in [2.24, 2.45) is 0 Å². The van der Waals surface area contributed by atoms with Gasteiger partial charge in [-0.15, -0.1) is 0 Å². The number of halogens is 1. The third kappa shape index (κ3) is 5.29. The van der Waals surface area contributed by atoms with Gasteiger partial charge in [-0.2, -0.15) is 0 Å². The molecule has 0 saturated carbocycles. The zero-order chi connectivity index (χ0) is 23.4. The van der Waals surface area contributed by atoms with E-state index in [0.717, 1.165) is 11.1 Å². The number of anilines is 1. The van der Waals surface area contributed by atoms with Gasteiger partial charge >= 0.3 is 0 Å². The average molecular weight is 465 g/mol. The zero-order valence-electron chi connectivity index (χ0n) is 18.5. The van der Waals surface area contributed by atoms with E-state index < -0.39 is 6.10 Å². The predicted molar refractivity (Wildman–Crippen MR) is 128 cm³/mol. The Bertz CT molecular complexity index is 1150. The number of hydrogen-bond acceptors (Lipinski definition) is 4. The molecule has 1 aliphatic heterocycles. The average Bonchev–Trinajstić information content (AvgIpc) is 2.96. The number of nitrogens with one attached hydrogen (secondary N) is 1. The van der Waals surface area contributed by atoms with E-state index in [2.05, 4.69) is 5.32 Å². The Morgan fingerprint density at radius 2 is 1.85 bits per heavy atom. The van der Waals surface area contributed by atoms with E-state index in [0.29, 0.717) is 47.3 Å². The summed E-state index contributed by atoms with van der Waals surface area (Å²) < 4.78 is 11.2. The van der Waals surface area contributed by atoms with E-state index in [-0.39, 0.29) is 11.8 Å². The van der Waals surface area contributed by atoms with Gasteiger partial charge in [0.25, 0.3) is 11.8 Å². The van der Waals surface area contributed by atoms with Gasteiger partial charge in [0, 0.05) is 34.9 Å². The van der Waals surface area contributed by atoms with E-state index in [9.17, 15) is 9.59 Å². The molecule has 7 heteroatoms. The maximum Gasteiger partial charge on any atom is 0.264 e. The van der Waals surface area contributed by atoms with E-state index in [1.165, 1.54) is 0 Å². The molecule has 170 valence electrons. The van der Waals surface area contributed by atoms with Gasteiger partial charge in [-0.1, -0.05) is 30.7 Å². The van der Waals surface area contributed by atoms with Crippen LogP contribution in [0.5, 0.6) is 11.5 Å². The van der Waals surface area contributed by atoms with Crippen LogP contribution in [0.4, 0.5) is 5.69 Å². The van der Waals surface area contributed by atoms with Crippen LogP contribution in [0.3, 0.4) is 0 Å². The molecule has 2 amide bonds. The Morgan fingerprint density at radius 1 is 1.12 bits per heavy atom. The molecule has 0 bridgehead atoms. The van der Waals surface area contributed by atoms with Crippen LogP contribution in [0.2, 0.25) is 5.02 Å². The van der Waals surface area contributed by atoms with Gasteiger partial charge in [0.2, 0.25) is 0 Å². The molecule has 0 saturated heterocycles. The second-order valence-electron chi connectivity index (χ2n) is 7.84. The molecule has 0 fully saturated rings. The summed E-state index contributed by atoms with van der Waals surface area (Å²) >= 11 is 6.00. The predicted octanol–water partition coefficient (Wildman–Crippen LogP) is 5.30. The van der Waals surface area contributed by atoms with Crippen LogP contribution < -0.4 is 14.8 Å². The van der Waals surface area contributed by atoms with Crippen LogP contribution in [-0.4, -0.2) is 29.9 Å². The van der Waals surface area contributed by atoms with Crippen LogP contribution in [0.1, 0.15) is 34.8 Å². The maximum absolute atomic E-state index is 13.1. The molecule has 1 aliphatic rings. The van der Waals surface area contributed by atoms with Gasteiger partial charge in [-0.25, -0.2) is 0 Å². The lowest BCUT2D eigenvalue weighted by Crippen LogP contribution is -2.38. The molecule has 0 aromatic heterocycles. The van der Waals surface area contributed by atoms with E-state index in [4.69, 9.17) is 21.1 Å². The summed E-state index contributed by atoms with van der Waals surface area (Å²) in [7, 11) is 1.58. The van der Waals surface area contributed by atoms with E-state index >= 15 is 0 Å². The Kier molecular flexibility index (Phi) is 6.84. The summed E-state index contributed by atoms with van der Waals surface area (Å²) in [6.45, 7) is 2.74. The van der Waals surface area contributed by atoms with Crippen molar-refractivity contribution in [2.45, 2.75) is 32.5 Å². The number of fused-ring (bicyclic) bond motifs is 1. The molecular formula is C26H25ClN2O4. The molecule has 0 aliphatic carbocycles. The molecule has 33 heavy (non-hydrogen) atoms. The number of nitrogens with zero attached hydrogens (tertiary/aromatic N) is 1. The number of rotatable bonds is 6. The second kappa shape index (κ2) is 9.96. The van der Waals surface area contributed by atoms with E-state index in [1.54, 1.807) is 48.4 Å². The van der Waals surface area contributed by atoms with Crippen molar-refractivity contribution >= 4 is 29.1 Å². The molecule has 6 nitrogen and oxygen atoms in total. The maximum atomic E-state index is 13.1. The minimum absolute atomic E-state index is 0.0625. The molecule has 0 radical (unpaired) electrons. The summed E-state index contributed by atoms with van der Waals surface area (Å²) in [4.78, 5) is 27.6. The van der Waals surface area contributed by atoms with Crippen molar-refractivity contribution in [1.29, 1.82) is 0 Å². The third-order valence-electron chi connectivity index (χ3n) is 5.55. The van der Waals surface area contributed by atoms with Gasteiger partial charge in [0.1, 0.15) is 11.5 Å². The first-order chi connectivity index (χ1) is 16.0. The zero-order valence-corrected chi connectivity index (χ0v) is 19.3. The lowest BCUT2D eigenvalue weighted by atomic mass is 10.1. The smallest absolute Gasteiger partial charge is 0.264 e. The highest BCUT2D eigenvalue weighted by molar-refractivity contribution is 6.30. The summed E-state index contributed by atoms with van der Waals surface area (Å²) in [6.07, 6.45) is 0.00372. The fourth-order valence-electron chi connectivity index (χ4n) is 3.73. The Balaban J connectivity index is 1.56. The SMILES string of the molecule is CC[C@@H]1Oc2ccc(NC(=O)c3ccc(OC)cc3)cc2CN(Cc2ccc(Cl)cc2)C1=O. The Morgan fingerprint density at radius 3 is 2.52 bits per heavy atom. The fourth-order valence-corrected chi connectivity index (χ4v) is 3.86. The Hall–Kier alpha value is -3.51. The fraction of sp³-hybridized carbons (Fsp3) is 0.231. The highest BCUT2D eigenvalue weighted by atomic mass is 35.5. The number of ether oxygens (including phenoxy) is 2. The number of hydrogen-bond donors (Lipinski definition) is 1. The van der Waals surface area contributed by atoms with Gasteiger partial charge in [-0.3, -0.25) is 9.59 Å². The highest BCUT2D eigenvalue weighted by Gasteiger charge is 2.30. The quantitative estimate of drug-likeness (QED) is 0.537. The number of carbonyl (C=O) groups is 2. The normalized spacial score (nSPS) is 15.3. The molecule has 1 N–H and O–H groups in total. The molecular weight excluding hydrogens is 440 g/mol. The molecule has 3 aromatic rings. The Labute approximate surface area is 198 Å². The molecule has 1 atom stereocenters. The van der Waals surface area contributed by atoms with Gasteiger partial charge in [0.15, 0.2) is 6.10 Å². The minimum Gasteiger partial charge on any atom is -0.497 e. The van der Waals surface area contributed by atoms with Crippen LogP contribution in [0, 0.1) is 0 Å². The van der Waals surface area contributed by atoms with Crippen molar-refractivity contribution in [3.05, 3.63) is 88.4 Å².